The van der Waals surface area contributed by atoms with Crippen molar-refractivity contribution in [2.45, 2.75) is 19.4 Å². The van der Waals surface area contributed by atoms with Gasteiger partial charge in [-0.3, -0.25) is 0 Å². The largest absolute Gasteiger partial charge is 0.451 e. The fourth-order valence-corrected chi connectivity index (χ4v) is 1.24. The summed E-state index contributed by atoms with van der Waals surface area (Å²) >= 11 is 6.55. The van der Waals surface area contributed by atoms with Gasteiger partial charge in [0.1, 0.15) is 5.76 Å². The van der Waals surface area contributed by atoms with E-state index in [-0.39, 0.29) is 0 Å². The third-order valence-electron chi connectivity index (χ3n) is 1.28. The fourth-order valence-electron chi connectivity index (χ4n) is 0.664. The molecule has 2 N–H and O–H groups in total. The Kier molecular flexibility index (Phi) is 2.46. The number of furan rings is 1. The van der Waals surface area contributed by atoms with Crippen LogP contribution in [0.4, 0.5) is 0 Å². The molecular formula is C7H9Br2NO. The van der Waals surface area contributed by atoms with Crippen LogP contribution in [0, 0.1) is 0 Å². The Balaban J connectivity index is 3.08. The van der Waals surface area contributed by atoms with Gasteiger partial charge in [0.05, 0.1) is 10.0 Å². The molecule has 0 aromatic carbocycles. The molecule has 1 aromatic rings. The molecular weight excluding hydrogens is 274 g/mol. The highest BCUT2D eigenvalue weighted by Crippen LogP contribution is 2.30. The molecule has 0 saturated heterocycles. The average Bonchev–Trinajstić information content (AvgIpc) is 2.11. The normalized spacial score (nSPS) is 12.1. The van der Waals surface area contributed by atoms with Crippen molar-refractivity contribution >= 4 is 31.9 Å². The first-order valence-corrected chi connectivity index (χ1v) is 4.74. The van der Waals surface area contributed by atoms with Gasteiger partial charge in [0.25, 0.3) is 0 Å². The van der Waals surface area contributed by atoms with Gasteiger partial charge in [0.2, 0.25) is 0 Å². The molecule has 2 nitrogen and oxygen atoms in total. The molecule has 1 heterocycles. The minimum Gasteiger partial charge on any atom is -0.451 e. The van der Waals surface area contributed by atoms with E-state index in [2.05, 4.69) is 31.9 Å². The molecule has 0 atom stereocenters. The molecule has 0 aliphatic carbocycles. The molecule has 0 spiro atoms. The molecule has 4 heteroatoms. The number of nitrogens with two attached hydrogens (primary N) is 1. The lowest BCUT2D eigenvalue weighted by Gasteiger charge is -2.13. The van der Waals surface area contributed by atoms with Crippen molar-refractivity contribution in [3.63, 3.8) is 0 Å². The van der Waals surface area contributed by atoms with E-state index in [1.165, 1.54) is 0 Å². The number of halogens is 2. The zero-order valence-corrected chi connectivity index (χ0v) is 9.49. The third kappa shape index (κ3) is 2.07. The first kappa shape index (κ1) is 9.29. The Morgan fingerprint density at radius 2 is 2.00 bits per heavy atom. The van der Waals surface area contributed by atoms with E-state index in [1.807, 2.05) is 19.9 Å². The molecule has 0 saturated carbocycles. The monoisotopic (exact) mass is 281 g/mol. The summed E-state index contributed by atoms with van der Waals surface area (Å²) in [7, 11) is 0. The summed E-state index contributed by atoms with van der Waals surface area (Å²) in [5.41, 5.74) is 5.38. The van der Waals surface area contributed by atoms with Gasteiger partial charge in [0, 0.05) is 0 Å². The Bertz CT molecular complexity index is 242. The van der Waals surface area contributed by atoms with E-state index in [0.29, 0.717) is 4.67 Å². The average molecular weight is 283 g/mol. The summed E-state index contributed by atoms with van der Waals surface area (Å²) in [6.45, 7) is 3.79. The van der Waals surface area contributed by atoms with Crippen molar-refractivity contribution in [3.8, 4) is 0 Å². The predicted molar refractivity (Wildman–Crippen MR) is 51.3 cm³/mol. The molecule has 0 amide bonds. The lowest BCUT2D eigenvalue weighted by molar-refractivity contribution is 0.383. The van der Waals surface area contributed by atoms with Crippen LogP contribution in [0.5, 0.6) is 0 Å². The lowest BCUT2D eigenvalue weighted by atomic mass is 10.0. The van der Waals surface area contributed by atoms with Crippen LogP contribution in [0.1, 0.15) is 19.6 Å². The molecule has 0 fully saturated rings. The lowest BCUT2D eigenvalue weighted by Crippen LogP contribution is -2.27. The van der Waals surface area contributed by atoms with E-state index in [1.54, 1.807) is 0 Å². The number of hydrogen-bond acceptors (Lipinski definition) is 2. The smallest absolute Gasteiger partial charge is 0.183 e. The van der Waals surface area contributed by atoms with E-state index < -0.39 is 5.54 Å². The maximum absolute atomic E-state index is 5.80. The van der Waals surface area contributed by atoms with E-state index in [0.717, 1.165) is 10.2 Å². The highest BCUT2D eigenvalue weighted by atomic mass is 79.9. The topological polar surface area (TPSA) is 39.2 Å². The van der Waals surface area contributed by atoms with E-state index >= 15 is 0 Å². The second-order valence-corrected chi connectivity index (χ2v) is 4.53. The van der Waals surface area contributed by atoms with Crippen LogP contribution in [0.3, 0.4) is 0 Å². The van der Waals surface area contributed by atoms with Crippen LogP contribution in [0.2, 0.25) is 0 Å². The zero-order valence-electron chi connectivity index (χ0n) is 6.32. The van der Waals surface area contributed by atoms with E-state index in [4.69, 9.17) is 10.2 Å². The van der Waals surface area contributed by atoms with Gasteiger partial charge in [-0.1, -0.05) is 0 Å². The minimum absolute atomic E-state index is 0.422. The highest BCUT2D eigenvalue weighted by molar-refractivity contribution is 9.13. The predicted octanol–water partition coefficient (Wildman–Crippen LogP) is 3.00. The molecule has 1 aromatic heterocycles. The molecule has 62 valence electrons. The Hall–Kier alpha value is 0.200. The summed E-state index contributed by atoms with van der Waals surface area (Å²) in [5, 5.41) is 0. The minimum atomic E-state index is -0.422. The molecule has 0 bridgehead atoms. The molecule has 11 heavy (non-hydrogen) atoms. The summed E-state index contributed by atoms with van der Waals surface area (Å²) in [4.78, 5) is 0. The van der Waals surface area contributed by atoms with Gasteiger partial charge < -0.3 is 10.2 Å². The van der Waals surface area contributed by atoms with Crippen LogP contribution < -0.4 is 5.73 Å². The summed E-state index contributed by atoms with van der Waals surface area (Å²) in [5.74, 6) is 0.760. The van der Waals surface area contributed by atoms with Crippen LogP contribution in [0.15, 0.2) is 19.6 Å². The standard InChI is InChI=1S/C7H9Br2NO/c1-7(2,10)5-3-4(8)6(9)11-5/h3H,10H2,1-2H3. The van der Waals surface area contributed by atoms with Crippen LogP contribution in [-0.2, 0) is 5.54 Å². The number of rotatable bonds is 1. The fraction of sp³-hybridized carbons (Fsp3) is 0.429. The SMILES string of the molecule is CC(C)(N)c1cc(Br)c(Br)o1. The van der Waals surface area contributed by atoms with Gasteiger partial charge in [0.15, 0.2) is 4.67 Å². The summed E-state index contributed by atoms with van der Waals surface area (Å²) in [6.07, 6.45) is 0. The van der Waals surface area contributed by atoms with Gasteiger partial charge >= 0.3 is 0 Å². The third-order valence-corrected chi connectivity index (χ3v) is 2.99. The molecule has 0 unspecified atom stereocenters. The quantitative estimate of drug-likeness (QED) is 0.860. The molecule has 1 rings (SSSR count). The second-order valence-electron chi connectivity index (χ2n) is 2.95. The van der Waals surface area contributed by atoms with E-state index in [9.17, 15) is 0 Å². The van der Waals surface area contributed by atoms with Crippen LogP contribution in [0.25, 0.3) is 0 Å². The zero-order chi connectivity index (χ0) is 8.65. The summed E-state index contributed by atoms with van der Waals surface area (Å²) < 4.78 is 6.90. The highest BCUT2D eigenvalue weighted by Gasteiger charge is 2.20. The Morgan fingerprint density at radius 1 is 1.45 bits per heavy atom. The van der Waals surface area contributed by atoms with Crippen molar-refractivity contribution < 1.29 is 4.42 Å². The molecule has 0 aliphatic rings. The first-order chi connectivity index (χ1) is 4.91. The van der Waals surface area contributed by atoms with Gasteiger partial charge in [-0.05, 0) is 51.8 Å². The van der Waals surface area contributed by atoms with Crippen LogP contribution >= 0.6 is 31.9 Å². The number of hydrogen-bond donors (Lipinski definition) is 1. The van der Waals surface area contributed by atoms with Crippen molar-refractivity contribution in [1.29, 1.82) is 0 Å². The maximum Gasteiger partial charge on any atom is 0.183 e. The summed E-state index contributed by atoms with van der Waals surface area (Å²) in [6, 6.07) is 1.87. The van der Waals surface area contributed by atoms with Crippen molar-refractivity contribution in [3.05, 3.63) is 21.0 Å². The van der Waals surface area contributed by atoms with Gasteiger partial charge in [-0.2, -0.15) is 0 Å². The van der Waals surface area contributed by atoms with Crippen LogP contribution in [-0.4, -0.2) is 0 Å². The second kappa shape index (κ2) is 2.92. The molecule has 0 radical (unpaired) electrons. The van der Waals surface area contributed by atoms with Crippen molar-refractivity contribution in [2.75, 3.05) is 0 Å². The van der Waals surface area contributed by atoms with Crippen molar-refractivity contribution in [2.24, 2.45) is 5.73 Å². The van der Waals surface area contributed by atoms with Gasteiger partial charge in [-0.15, -0.1) is 0 Å². The molecule has 0 aliphatic heterocycles. The Labute approximate surface area is 82.4 Å². The van der Waals surface area contributed by atoms with Gasteiger partial charge in [-0.25, -0.2) is 0 Å². The maximum atomic E-state index is 5.80. The first-order valence-electron chi connectivity index (χ1n) is 3.15. The van der Waals surface area contributed by atoms with Crippen molar-refractivity contribution in [1.82, 2.24) is 0 Å². The Morgan fingerprint density at radius 3 is 2.18 bits per heavy atom.